The minimum absolute atomic E-state index is 0.115. The molecule has 0 aliphatic carbocycles. The number of ether oxygens (including phenoxy) is 3. The lowest BCUT2D eigenvalue weighted by molar-refractivity contribution is 0.0945. The summed E-state index contributed by atoms with van der Waals surface area (Å²) in [6.07, 6.45) is 0.0940. The number of methoxy groups -OCH3 is 2. The first-order valence-corrected chi connectivity index (χ1v) is 10.6. The van der Waals surface area contributed by atoms with Gasteiger partial charge in [0.1, 0.15) is 0 Å². The van der Waals surface area contributed by atoms with Gasteiger partial charge in [0.25, 0.3) is 5.91 Å². The SMILES string of the molecule is CCOC(=O)N1c2cc(OC)c(OC)cc2C(CNC(=O)c2cccc(Cl)c2F)CC1C. The van der Waals surface area contributed by atoms with Crippen molar-refractivity contribution in [2.45, 2.75) is 32.2 Å². The van der Waals surface area contributed by atoms with Crippen LogP contribution in [0.25, 0.3) is 0 Å². The van der Waals surface area contributed by atoms with Crippen molar-refractivity contribution in [2.75, 3.05) is 32.3 Å². The van der Waals surface area contributed by atoms with Crippen LogP contribution < -0.4 is 19.7 Å². The molecule has 0 aromatic heterocycles. The maximum Gasteiger partial charge on any atom is 0.414 e. The van der Waals surface area contributed by atoms with E-state index in [0.29, 0.717) is 23.6 Å². The van der Waals surface area contributed by atoms with E-state index in [1.807, 2.05) is 6.92 Å². The number of hydrogen-bond donors (Lipinski definition) is 1. The van der Waals surface area contributed by atoms with E-state index in [1.165, 1.54) is 32.4 Å². The molecule has 2 amide bonds. The van der Waals surface area contributed by atoms with Gasteiger partial charge in [0.15, 0.2) is 17.3 Å². The molecule has 0 radical (unpaired) electrons. The Morgan fingerprint density at radius 1 is 1.22 bits per heavy atom. The molecule has 172 valence electrons. The molecule has 0 saturated carbocycles. The third-order valence-electron chi connectivity index (χ3n) is 5.47. The molecule has 32 heavy (non-hydrogen) atoms. The summed E-state index contributed by atoms with van der Waals surface area (Å²) in [4.78, 5) is 26.8. The van der Waals surface area contributed by atoms with Crippen molar-refractivity contribution in [3.05, 3.63) is 52.3 Å². The highest BCUT2D eigenvalue weighted by molar-refractivity contribution is 6.31. The lowest BCUT2D eigenvalue weighted by Gasteiger charge is -2.39. The second-order valence-corrected chi connectivity index (χ2v) is 7.84. The second-order valence-electron chi connectivity index (χ2n) is 7.43. The van der Waals surface area contributed by atoms with Gasteiger partial charge in [-0.05, 0) is 44.0 Å². The first-order chi connectivity index (χ1) is 15.3. The molecule has 1 heterocycles. The van der Waals surface area contributed by atoms with Crippen molar-refractivity contribution in [2.24, 2.45) is 0 Å². The van der Waals surface area contributed by atoms with Gasteiger partial charge in [-0.15, -0.1) is 0 Å². The number of fused-ring (bicyclic) bond motifs is 1. The molecular formula is C23H26ClFN2O5. The molecule has 0 saturated heterocycles. The van der Waals surface area contributed by atoms with Crippen LogP contribution in [0.15, 0.2) is 30.3 Å². The van der Waals surface area contributed by atoms with Gasteiger partial charge in [0.05, 0.1) is 37.1 Å². The fourth-order valence-electron chi connectivity index (χ4n) is 3.96. The van der Waals surface area contributed by atoms with Crippen molar-refractivity contribution in [1.82, 2.24) is 5.32 Å². The second kappa shape index (κ2) is 10.1. The predicted molar refractivity (Wildman–Crippen MR) is 120 cm³/mol. The summed E-state index contributed by atoms with van der Waals surface area (Å²) in [5, 5.41) is 2.67. The maximum atomic E-state index is 14.2. The van der Waals surface area contributed by atoms with Gasteiger partial charge in [0, 0.05) is 24.6 Å². The number of rotatable bonds is 6. The van der Waals surface area contributed by atoms with E-state index in [0.717, 1.165) is 5.56 Å². The Kier molecular flexibility index (Phi) is 7.45. The number of amides is 2. The molecule has 1 N–H and O–H groups in total. The van der Waals surface area contributed by atoms with Gasteiger partial charge in [-0.3, -0.25) is 9.69 Å². The average molecular weight is 465 g/mol. The highest BCUT2D eigenvalue weighted by atomic mass is 35.5. The molecule has 2 aromatic carbocycles. The zero-order valence-corrected chi connectivity index (χ0v) is 19.2. The normalized spacial score (nSPS) is 17.4. The topological polar surface area (TPSA) is 77.1 Å². The number of halogens is 2. The number of carbonyl (C=O) groups excluding carboxylic acids is 2. The Bertz CT molecular complexity index is 1020. The molecule has 0 spiro atoms. The summed E-state index contributed by atoms with van der Waals surface area (Å²) in [5.41, 5.74) is 1.29. The van der Waals surface area contributed by atoms with Crippen molar-refractivity contribution < 1.29 is 28.2 Å². The third kappa shape index (κ3) is 4.60. The smallest absolute Gasteiger partial charge is 0.414 e. The van der Waals surface area contributed by atoms with Gasteiger partial charge in [-0.25, -0.2) is 9.18 Å². The standard InChI is InChI=1S/C23H26ClFN2O5/c1-5-32-23(29)27-13(2)9-14(16-10-19(30-3)20(31-4)11-18(16)27)12-26-22(28)15-7-6-8-17(24)21(15)25/h6-8,10-11,13-14H,5,9,12H2,1-4H3,(H,26,28). The van der Waals surface area contributed by atoms with Crippen molar-refractivity contribution in [3.8, 4) is 11.5 Å². The molecule has 0 bridgehead atoms. The molecule has 1 aliphatic rings. The monoisotopic (exact) mass is 464 g/mol. The van der Waals surface area contributed by atoms with Crippen LogP contribution in [-0.4, -0.2) is 45.4 Å². The van der Waals surface area contributed by atoms with Crippen LogP contribution in [0, 0.1) is 5.82 Å². The lowest BCUT2D eigenvalue weighted by Crippen LogP contribution is -2.45. The van der Waals surface area contributed by atoms with E-state index < -0.39 is 17.8 Å². The molecular weight excluding hydrogens is 439 g/mol. The number of carbonyl (C=O) groups is 2. The number of anilines is 1. The highest BCUT2D eigenvalue weighted by Crippen LogP contribution is 2.44. The molecule has 0 fully saturated rings. The van der Waals surface area contributed by atoms with Crippen molar-refractivity contribution >= 4 is 29.3 Å². The van der Waals surface area contributed by atoms with Crippen LogP contribution in [0.3, 0.4) is 0 Å². The van der Waals surface area contributed by atoms with E-state index in [-0.39, 0.29) is 35.7 Å². The first kappa shape index (κ1) is 23.7. The van der Waals surface area contributed by atoms with Gasteiger partial charge in [-0.2, -0.15) is 0 Å². The van der Waals surface area contributed by atoms with Gasteiger partial charge in [-0.1, -0.05) is 17.7 Å². The summed E-state index contributed by atoms with van der Waals surface area (Å²) in [6.45, 7) is 4.13. The van der Waals surface area contributed by atoms with Crippen molar-refractivity contribution in [1.29, 1.82) is 0 Å². The number of benzene rings is 2. The number of nitrogens with zero attached hydrogens (tertiary/aromatic N) is 1. The van der Waals surface area contributed by atoms with E-state index in [4.69, 9.17) is 25.8 Å². The van der Waals surface area contributed by atoms with Crippen LogP contribution in [0.1, 0.15) is 42.1 Å². The van der Waals surface area contributed by atoms with Gasteiger partial charge in [0.2, 0.25) is 0 Å². The number of hydrogen-bond acceptors (Lipinski definition) is 5. The van der Waals surface area contributed by atoms with Crippen LogP contribution in [0.2, 0.25) is 5.02 Å². The largest absolute Gasteiger partial charge is 0.493 e. The zero-order chi connectivity index (χ0) is 23.4. The highest BCUT2D eigenvalue weighted by Gasteiger charge is 2.36. The fourth-order valence-corrected chi connectivity index (χ4v) is 4.13. The Morgan fingerprint density at radius 3 is 2.56 bits per heavy atom. The molecule has 3 rings (SSSR count). The van der Waals surface area contributed by atoms with Gasteiger partial charge < -0.3 is 19.5 Å². The molecule has 1 aliphatic heterocycles. The van der Waals surface area contributed by atoms with E-state index in [1.54, 1.807) is 24.0 Å². The quantitative estimate of drug-likeness (QED) is 0.666. The van der Waals surface area contributed by atoms with Crippen molar-refractivity contribution in [3.63, 3.8) is 0 Å². The summed E-state index contributed by atoms with van der Waals surface area (Å²) in [5.74, 6) is -0.506. The van der Waals surface area contributed by atoms with Crippen LogP contribution >= 0.6 is 11.6 Å². The van der Waals surface area contributed by atoms with E-state index in [9.17, 15) is 14.0 Å². The van der Waals surface area contributed by atoms with Crippen LogP contribution in [0.5, 0.6) is 11.5 Å². The molecule has 2 aromatic rings. The summed E-state index contributed by atoms with van der Waals surface area (Å²) < 4.78 is 30.3. The maximum absolute atomic E-state index is 14.2. The fraction of sp³-hybridized carbons (Fsp3) is 0.391. The Balaban J connectivity index is 1.93. The predicted octanol–water partition coefficient (Wildman–Crippen LogP) is 4.77. The Hall–Kier alpha value is -3.00. The summed E-state index contributed by atoms with van der Waals surface area (Å²) >= 11 is 5.80. The van der Waals surface area contributed by atoms with E-state index >= 15 is 0 Å². The molecule has 7 nitrogen and oxygen atoms in total. The van der Waals surface area contributed by atoms with Crippen LogP contribution in [-0.2, 0) is 4.74 Å². The Labute approximate surface area is 191 Å². The molecule has 9 heteroatoms. The average Bonchev–Trinajstić information content (AvgIpc) is 2.78. The molecule has 2 atom stereocenters. The first-order valence-electron chi connectivity index (χ1n) is 10.3. The van der Waals surface area contributed by atoms with Gasteiger partial charge >= 0.3 is 6.09 Å². The minimum atomic E-state index is -0.760. The van der Waals surface area contributed by atoms with Crippen LogP contribution in [0.4, 0.5) is 14.9 Å². The molecule has 2 unspecified atom stereocenters. The summed E-state index contributed by atoms with van der Waals surface area (Å²) in [6, 6.07) is 7.60. The lowest BCUT2D eigenvalue weighted by atomic mass is 9.85. The summed E-state index contributed by atoms with van der Waals surface area (Å²) in [7, 11) is 3.04. The Morgan fingerprint density at radius 2 is 1.91 bits per heavy atom. The third-order valence-corrected chi connectivity index (χ3v) is 5.76. The number of nitrogens with one attached hydrogen (secondary N) is 1. The van der Waals surface area contributed by atoms with E-state index in [2.05, 4.69) is 5.32 Å². The minimum Gasteiger partial charge on any atom is -0.493 e. The zero-order valence-electron chi connectivity index (χ0n) is 18.4.